The largest absolute Gasteiger partial charge is 0.493 e. The van der Waals surface area contributed by atoms with Crippen molar-refractivity contribution in [1.82, 2.24) is 4.72 Å². The molecule has 0 spiro atoms. The standard InChI is InChI=1S/C13H19NO6S/c1-8(2)14-21(17,18)12-7-11(20-4)10(19-3)5-9(12)6-13(15)16/h5,7-8,14H,6H2,1-4H3,(H,15,16). The molecule has 0 aromatic heterocycles. The van der Waals surface area contributed by atoms with E-state index in [9.17, 15) is 13.2 Å². The first-order valence-corrected chi connectivity index (χ1v) is 7.68. The zero-order valence-corrected chi connectivity index (χ0v) is 13.2. The van der Waals surface area contributed by atoms with Crippen LogP contribution in [0, 0.1) is 0 Å². The molecular formula is C13H19NO6S. The Morgan fingerprint density at radius 2 is 1.76 bits per heavy atom. The number of carbonyl (C=O) groups is 1. The van der Waals surface area contributed by atoms with E-state index in [-0.39, 0.29) is 28.0 Å². The fraction of sp³-hybridized carbons (Fsp3) is 0.462. The number of carboxylic acids is 1. The lowest BCUT2D eigenvalue weighted by molar-refractivity contribution is -0.136. The summed E-state index contributed by atoms with van der Waals surface area (Å²) in [6, 6.07) is 2.31. The van der Waals surface area contributed by atoms with Crippen LogP contribution in [0.4, 0.5) is 0 Å². The Labute approximate surface area is 123 Å². The number of methoxy groups -OCH3 is 2. The summed E-state index contributed by atoms with van der Waals surface area (Å²) >= 11 is 0. The third-order valence-corrected chi connectivity index (χ3v) is 4.33. The van der Waals surface area contributed by atoms with E-state index in [1.54, 1.807) is 13.8 Å². The van der Waals surface area contributed by atoms with Crippen LogP contribution in [0.15, 0.2) is 17.0 Å². The molecule has 0 aliphatic heterocycles. The Morgan fingerprint density at radius 3 is 2.19 bits per heavy atom. The van der Waals surface area contributed by atoms with Crippen molar-refractivity contribution in [2.24, 2.45) is 0 Å². The van der Waals surface area contributed by atoms with Crippen molar-refractivity contribution in [3.63, 3.8) is 0 Å². The Bertz CT molecular complexity index is 624. The predicted molar refractivity (Wildman–Crippen MR) is 76.3 cm³/mol. The van der Waals surface area contributed by atoms with Crippen molar-refractivity contribution in [3.8, 4) is 11.5 Å². The van der Waals surface area contributed by atoms with Crippen LogP contribution in [0.1, 0.15) is 19.4 Å². The van der Waals surface area contributed by atoms with Crippen LogP contribution in [0.2, 0.25) is 0 Å². The Hall–Kier alpha value is -1.80. The zero-order chi connectivity index (χ0) is 16.2. The summed E-state index contributed by atoms with van der Waals surface area (Å²) in [6.07, 6.45) is -0.436. The second kappa shape index (κ2) is 6.77. The molecule has 118 valence electrons. The van der Waals surface area contributed by atoms with E-state index in [2.05, 4.69) is 4.72 Å². The lowest BCUT2D eigenvalue weighted by atomic mass is 10.1. The second-order valence-electron chi connectivity index (χ2n) is 4.66. The number of sulfonamides is 1. The van der Waals surface area contributed by atoms with Gasteiger partial charge in [-0.05, 0) is 25.5 Å². The van der Waals surface area contributed by atoms with Crippen molar-refractivity contribution in [2.75, 3.05) is 14.2 Å². The number of hydrogen-bond donors (Lipinski definition) is 2. The smallest absolute Gasteiger partial charge is 0.307 e. The lowest BCUT2D eigenvalue weighted by Gasteiger charge is -2.16. The van der Waals surface area contributed by atoms with Crippen LogP contribution in [0.25, 0.3) is 0 Å². The Balaban J connectivity index is 3.49. The van der Waals surface area contributed by atoms with Gasteiger partial charge in [0.1, 0.15) is 0 Å². The van der Waals surface area contributed by atoms with Crippen molar-refractivity contribution >= 4 is 16.0 Å². The first kappa shape index (κ1) is 17.3. The molecule has 21 heavy (non-hydrogen) atoms. The van der Waals surface area contributed by atoms with Gasteiger partial charge in [-0.3, -0.25) is 4.79 Å². The van der Waals surface area contributed by atoms with E-state index >= 15 is 0 Å². The van der Waals surface area contributed by atoms with Gasteiger partial charge in [0.2, 0.25) is 10.0 Å². The third kappa shape index (κ3) is 4.33. The number of hydrogen-bond acceptors (Lipinski definition) is 5. The maximum absolute atomic E-state index is 12.3. The van der Waals surface area contributed by atoms with Gasteiger partial charge in [-0.1, -0.05) is 0 Å². The molecule has 1 aromatic carbocycles. The van der Waals surface area contributed by atoms with E-state index < -0.39 is 22.4 Å². The fourth-order valence-corrected chi connectivity index (χ4v) is 3.31. The number of rotatable bonds is 7. The minimum absolute atomic E-state index is 0.128. The molecule has 0 saturated heterocycles. The highest BCUT2D eigenvalue weighted by atomic mass is 32.2. The fourth-order valence-electron chi connectivity index (χ4n) is 1.83. The number of nitrogens with one attached hydrogen (secondary N) is 1. The molecule has 0 bridgehead atoms. The Morgan fingerprint density at radius 1 is 1.24 bits per heavy atom. The van der Waals surface area contributed by atoms with Crippen LogP contribution in [0.5, 0.6) is 11.5 Å². The topological polar surface area (TPSA) is 102 Å². The summed E-state index contributed by atoms with van der Waals surface area (Å²) in [5.74, 6) is -0.642. The molecule has 0 fully saturated rings. The van der Waals surface area contributed by atoms with Crippen LogP contribution in [-0.2, 0) is 21.2 Å². The average molecular weight is 317 g/mol. The number of ether oxygens (including phenoxy) is 2. The minimum Gasteiger partial charge on any atom is -0.493 e. The van der Waals surface area contributed by atoms with Crippen LogP contribution in [-0.4, -0.2) is 39.8 Å². The molecule has 2 N–H and O–H groups in total. The minimum atomic E-state index is -3.84. The summed E-state index contributed by atoms with van der Waals surface area (Å²) in [4.78, 5) is 10.8. The average Bonchev–Trinajstić information content (AvgIpc) is 2.35. The van der Waals surface area contributed by atoms with E-state index in [1.165, 1.54) is 26.4 Å². The molecule has 0 atom stereocenters. The van der Waals surface area contributed by atoms with Crippen LogP contribution in [0.3, 0.4) is 0 Å². The highest BCUT2D eigenvalue weighted by Gasteiger charge is 2.24. The van der Waals surface area contributed by atoms with Gasteiger partial charge < -0.3 is 14.6 Å². The Kier molecular flexibility index (Phi) is 5.56. The van der Waals surface area contributed by atoms with Crippen LogP contribution < -0.4 is 14.2 Å². The first-order chi connectivity index (χ1) is 9.71. The zero-order valence-electron chi connectivity index (χ0n) is 12.3. The first-order valence-electron chi connectivity index (χ1n) is 6.20. The second-order valence-corrected chi connectivity index (χ2v) is 6.34. The molecule has 8 heteroatoms. The van der Waals surface area contributed by atoms with Crippen molar-refractivity contribution in [3.05, 3.63) is 17.7 Å². The van der Waals surface area contributed by atoms with Gasteiger partial charge in [0.05, 0.1) is 25.5 Å². The van der Waals surface area contributed by atoms with E-state index in [4.69, 9.17) is 14.6 Å². The SMILES string of the molecule is COc1cc(CC(=O)O)c(S(=O)(=O)NC(C)C)cc1OC. The normalized spacial score (nSPS) is 11.5. The lowest BCUT2D eigenvalue weighted by Crippen LogP contribution is -2.31. The highest BCUT2D eigenvalue weighted by Crippen LogP contribution is 2.33. The van der Waals surface area contributed by atoms with Gasteiger partial charge in [0.15, 0.2) is 11.5 Å². The van der Waals surface area contributed by atoms with Crippen molar-refractivity contribution < 1.29 is 27.8 Å². The van der Waals surface area contributed by atoms with E-state index in [0.29, 0.717) is 0 Å². The van der Waals surface area contributed by atoms with Gasteiger partial charge in [-0.2, -0.15) is 0 Å². The van der Waals surface area contributed by atoms with Gasteiger partial charge in [-0.25, -0.2) is 13.1 Å². The number of benzene rings is 1. The van der Waals surface area contributed by atoms with E-state index in [1.807, 2.05) is 0 Å². The molecule has 7 nitrogen and oxygen atoms in total. The maximum atomic E-state index is 12.3. The van der Waals surface area contributed by atoms with Crippen molar-refractivity contribution in [2.45, 2.75) is 31.2 Å². The summed E-state index contributed by atoms with van der Waals surface area (Å²) in [5.41, 5.74) is 0.133. The molecule has 0 aliphatic carbocycles. The quantitative estimate of drug-likeness (QED) is 0.778. The molecule has 0 aliphatic rings. The van der Waals surface area contributed by atoms with E-state index in [0.717, 1.165) is 0 Å². The summed E-state index contributed by atoms with van der Waals surface area (Å²) < 4.78 is 37.2. The predicted octanol–water partition coefficient (Wildman–Crippen LogP) is 1.02. The molecule has 0 saturated carbocycles. The summed E-state index contributed by atoms with van der Waals surface area (Å²) in [5, 5.41) is 8.94. The molecule has 0 amide bonds. The summed E-state index contributed by atoms with van der Waals surface area (Å²) in [7, 11) is -1.07. The number of aliphatic carboxylic acids is 1. The van der Waals surface area contributed by atoms with Gasteiger partial charge >= 0.3 is 5.97 Å². The molecule has 1 aromatic rings. The molecular weight excluding hydrogens is 298 g/mol. The number of carboxylic acid groups (broad SMARTS) is 1. The monoisotopic (exact) mass is 317 g/mol. The molecule has 0 unspecified atom stereocenters. The third-order valence-electron chi connectivity index (χ3n) is 2.59. The van der Waals surface area contributed by atoms with Gasteiger partial charge in [-0.15, -0.1) is 0 Å². The molecule has 0 radical (unpaired) electrons. The van der Waals surface area contributed by atoms with Gasteiger partial charge in [0, 0.05) is 12.1 Å². The molecule has 0 heterocycles. The van der Waals surface area contributed by atoms with Crippen LogP contribution >= 0.6 is 0 Å². The van der Waals surface area contributed by atoms with Gasteiger partial charge in [0.25, 0.3) is 0 Å². The maximum Gasteiger partial charge on any atom is 0.307 e. The molecule has 1 rings (SSSR count). The van der Waals surface area contributed by atoms with Crippen molar-refractivity contribution in [1.29, 1.82) is 0 Å². The summed E-state index contributed by atoms with van der Waals surface area (Å²) in [6.45, 7) is 3.35. The highest BCUT2D eigenvalue weighted by molar-refractivity contribution is 7.89.